The van der Waals surface area contributed by atoms with Gasteiger partial charge in [0.05, 0.1) is 25.8 Å². The minimum Gasteiger partial charge on any atom is -0.466 e. The molecular formula is C19H21N3O5. The third kappa shape index (κ3) is 3.06. The fourth-order valence-electron chi connectivity index (χ4n) is 3.58. The Balaban J connectivity index is 1.60. The van der Waals surface area contributed by atoms with Crippen LogP contribution in [0.1, 0.15) is 28.8 Å². The number of carbonyl (C=O) groups is 3. The maximum Gasteiger partial charge on any atom is 0.337 e. The summed E-state index contributed by atoms with van der Waals surface area (Å²) < 4.78 is 4.78. The van der Waals surface area contributed by atoms with E-state index in [4.69, 9.17) is 9.84 Å². The van der Waals surface area contributed by atoms with Crippen molar-refractivity contribution in [2.45, 2.75) is 25.4 Å². The van der Waals surface area contributed by atoms with Crippen LogP contribution in [0.3, 0.4) is 0 Å². The van der Waals surface area contributed by atoms with E-state index in [0.29, 0.717) is 23.8 Å². The van der Waals surface area contributed by atoms with Crippen LogP contribution in [0.25, 0.3) is 0 Å². The van der Waals surface area contributed by atoms with Gasteiger partial charge in [0.1, 0.15) is 5.70 Å². The van der Waals surface area contributed by atoms with Crippen molar-refractivity contribution in [1.82, 2.24) is 9.80 Å². The third-order valence-electron chi connectivity index (χ3n) is 5.15. The normalized spacial score (nSPS) is 19.0. The molecule has 2 aliphatic heterocycles. The summed E-state index contributed by atoms with van der Waals surface area (Å²) in [6.45, 7) is 0.632. The maximum absolute atomic E-state index is 12.6. The summed E-state index contributed by atoms with van der Waals surface area (Å²) in [7, 11) is 1.26. The van der Waals surface area contributed by atoms with E-state index in [9.17, 15) is 14.4 Å². The number of fused-ring (bicyclic) bond motifs is 1. The SMILES string of the molecule is COC(=O)C1=C(Nc2ccc3c(c2)C(=O)N(C2CC2)C3)C(=O)N(CCO)C1. The monoisotopic (exact) mass is 371 g/mol. The Morgan fingerprint density at radius 1 is 1.26 bits per heavy atom. The van der Waals surface area contributed by atoms with Gasteiger partial charge in [-0.1, -0.05) is 6.07 Å². The molecule has 2 N–H and O–H groups in total. The van der Waals surface area contributed by atoms with Crippen molar-refractivity contribution in [2.75, 3.05) is 32.1 Å². The lowest BCUT2D eigenvalue weighted by atomic mass is 10.1. The van der Waals surface area contributed by atoms with Crippen molar-refractivity contribution >= 4 is 23.5 Å². The molecule has 0 atom stereocenters. The Bertz CT molecular complexity index is 859. The third-order valence-corrected chi connectivity index (χ3v) is 5.15. The van der Waals surface area contributed by atoms with Crippen LogP contribution in [0.15, 0.2) is 29.5 Å². The first-order valence-electron chi connectivity index (χ1n) is 8.96. The van der Waals surface area contributed by atoms with E-state index in [1.165, 1.54) is 12.0 Å². The first-order chi connectivity index (χ1) is 13.0. The number of anilines is 1. The van der Waals surface area contributed by atoms with Crippen LogP contribution < -0.4 is 5.32 Å². The average molecular weight is 371 g/mol. The summed E-state index contributed by atoms with van der Waals surface area (Å²) in [4.78, 5) is 40.5. The van der Waals surface area contributed by atoms with Gasteiger partial charge >= 0.3 is 5.97 Å². The molecule has 0 spiro atoms. The Morgan fingerprint density at radius 3 is 2.70 bits per heavy atom. The fraction of sp³-hybridized carbons (Fsp3) is 0.421. The molecule has 1 fully saturated rings. The molecule has 1 aromatic carbocycles. The highest BCUT2D eigenvalue weighted by Crippen LogP contribution is 2.35. The highest BCUT2D eigenvalue weighted by Gasteiger charge is 2.39. The van der Waals surface area contributed by atoms with Crippen molar-refractivity contribution in [3.05, 3.63) is 40.6 Å². The molecule has 142 valence electrons. The highest BCUT2D eigenvalue weighted by atomic mass is 16.5. The highest BCUT2D eigenvalue weighted by molar-refractivity contribution is 6.09. The van der Waals surface area contributed by atoms with Gasteiger partial charge < -0.3 is 25.0 Å². The van der Waals surface area contributed by atoms with Crippen LogP contribution >= 0.6 is 0 Å². The number of carbonyl (C=O) groups excluding carboxylic acids is 3. The minimum atomic E-state index is -0.594. The number of esters is 1. The standard InChI is InChI=1S/C19H21N3O5/c1-27-19(26)15-10-21(6-7-23)18(25)16(15)20-12-3-2-11-9-22(13-4-5-13)17(24)14(11)8-12/h2-3,8,13,20,23H,4-7,9-10H2,1H3. The van der Waals surface area contributed by atoms with Crippen LogP contribution in [0.5, 0.6) is 0 Å². The van der Waals surface area contributed by atoms with Gasteiger partial charge in [0.25, 0.3) is 11.8 Å². The molecule has 8 nitrogen and oxygen atoms in total. The molecule has 0 bridgehead atoms. The predicted octanol–water partition coefficient (Wildman–Crippen LogP) is 0.478. The molecule has 0 saturated heterocycles. The Labute approximate surface area is 156 Å². The van der Waals surface area contributed by atoms with E-state index in [1.807, 2.05) is 11.0 Å². The van der Waals surface area contributed by atoms with E-state index in [2.05, 4.69) is 5.32 Å². The summed E-state index contributed by atoms with van der Waals surface area (Å²) in [6.07, 6.45) is 2.10. The number of aliphatic hydroxyl groups is 1. The molecule has 8 heteroatoms. The van der Waals surface area contributed by atoms with Gasteiger partial charge in [0.15, 0.2) is 0 Å². The van der Waals surface area contributed by atoms with Gasteiger partial charge in [-0.05, 0) is 30.5 Å². The van der Waals surface area contributed by atoms with Crippen molar-refractivity contribution < 1.29 is 24.2 Å². The summed E-state index contributed by atoms with van der Waals surface area (Å²) in [6, 6.07) is 5.75. The lowest BCUT2D eigenvalue weighted by Crippen LogP contribution is -2.31. The van der Waals surface area contributed by atoms with Gasteiger partial charge in [-0.15, -0.1) is 0 Å². The van der Waals surface area contributed by atoms with E-state index >= 15 is 0 Å². The lowest BCUT2D eigenvalue weighted by molar-refractivity contribution is -0.136. The molecule has 2 heterocycles. The van der Waals surface area contributed by atoms with Gasteiger partial charge in [0, 0.05) is 30.4 Å². The second kappa shape index (κ2) is 6.70. The van der Waals surface area contributed by atoms with Gasteiger partial charge in [-0.25, -0.2) is 4.79 Å². The summed E-state index contributed by atoms with van der Waals surface area (Å²) in [5.41, 5.74) is 2.50. The van der Waals surface area contributed by atoms with E-state index in [1.54, 1.807) is 12.1 Å². The molecule has 27 heavy (non-hydrogen) atoms. The van der Waals surface area contributed by atoms with Gasteiger partial charge in [0.2, 0.25) is 0 Å². The number of ether oxygens (including phenoxy) is 1. The Morgan fingerprint density at radius 2 is 2.04 bits per heavy atom. The first-order valence-corrected chi connectivity index (χ1v) is 8.96. The van der Waals surface area contributed by atoms with Crippen LogP contribution in [0.2, 0.25) is 0 Å². The number of nitrogens with one attached hydrogen (secondary N) is 1. The molecule has 0 radical (unpaired) electrons. The van der Waals surface area contributed by atoms with Gasteiger partial charge in [-0.3, -0.25) is 9.59 Å². The Kier molecular flexibility index (Phi) is 4.35. The number of methoxy groups -OCH3 is 1. The zero-order valence-electron chi connectivity index (χ0n) is 15.0. The minimum absolute atomic E-state index is 0.0120. The number of nitrogens with zero attached hydrogens (tertiary/aromatic N) is 2. The molecule has 1 aliphatic carbocycles. The molecule has 4 rings (SSSR count). The molecule has 1 saturated carbocycles. The number of hydrogen-bond donors (Lipinski definition) is 2. The fourth-order valence-corrected chi connectivity index (χ4v) is 3.58. The number of aliphatic hydroxyl groups excluding tert-OH is 1. The van der Waals surface area contributed by atoms with Crippen LogP contribution in [0.4, 0.5) is 5.69 Å². The second-order valence-electron chi connectivity index (χ2n) is 6.96. The van der Waals surface area contributed by atoms with Gasteiger partial charge in [-0.2, -0.15) is 0 Å². The molecule has 0 aromatic heterocycles. The van der Waals surface area contributed by atoms with E-state index in [0.717, 1.165) is 18.4 Å². The van der Waals surface area contributed by atoms with E-state index < -0.39 is 5.97 Å². The predicted molar refractivity (Wildman–Crippen MR) is 95.7 cm³/mol. The molecule has 1 aromatic rings. The molecule has 3 aliphatic rings. The average Bonchev–Trinajstić information content (AvgIpc) is 3.41. The molecule has 0 unspecified atom stereocenters. The number of hydrogen-bond acceptors (Lipinski definition) is 6. The largest absolute Gasteiger partial charge is 0.466 e. The zero-order valence-corrected chi connectivity index (χ0v) is 15.0. The number of rotatable bonds is 6. The second-order valence-corrected chi connectivity index (χ2v) is 6.96. The quantitative estimate of drug-likeness (QED) is 0.706. The van der Waals surface area contributed by atoms with E-state index in [-0.39, 0.29) is 42.8 Å². The van der Waals surface area contributed by atoms with Crippen LogP contribution in [0, 0.1) is 0 Å². The van der Waals surface area contributed by atoms with Crippen molar-refractivity contribution in [3.8, 4) is 0 Å². The molecule has 2 amide bonds. The maximum atomic E-state index is 12.6. The summed E-state index contributed by atoms with van der Waals surface area (Å²) in [5, 5.41) is 12.1. The topological polar surface area (TPSA) is 99.2 Å². The summed E-state index contributed by atoms with van der Waals surface area (Å²) in [5.74, 6) is -0.961. The van der Waals surface area contributed by atoms with Crippen molar-refractivity contribution in [3.63, 3.8) is 0 Å². The van der Waals surface area contributed by atoms with Crippen LogP contribution in [-0.2, 0) is 20.9 Å². The smallest absolute Gasteiger partial charge is 0.337 e. The summed E-state index contributed by atoms with van der Waals surface area (Å²) >= 11 is 0. The molecular weight excluding hydrogens is 350 g/mol. The van der Waals surface area contributed by atoms with Crippen molar-refractivity contribution in [2.24, 2.45) is 0 Å². The zero-order chi connectivity index (χ0) is 19.1. The number of amides is 2. The van der Waals surface area contributed by atoms with Crippen LogP contribution in [-0.4, -0.2) is 65.5 Å². The number of β-amino-alcohol motifs (C(OH)–C–C–N with tert-alkyl or cyclic N) is 1. The van der Waals surface area contributed by atoms with Crippen molar-refractivity contribution in [1.29, 1.82) is 0 Å². The lowest BCUT2D eigenvalue weighted by Gasteiger charge is -2.15. The first kappa shape index (κ1) is 17.5. The number of benzene rings is 1. The Hall–Kier alpha value is -2.87.